The number of methoxy groups -OCH3 is 1. The van der Waals surface area contributed by atoms with E-state index >= 15 is 0 Å². The number of nitrogens with one attached hydrogen (secondary N) is 1. The maximum atomic E-state index is 12.6. The molecule has 9 nitrogen and oxygen atoms in total. The lowest BCUT2D eigenvalue weighted by Gasteiger charge is -2.28. The molecule has 0 bridgehead atoms. The molecule has 0 saturated carbocycles. The van der Waals surface area contributed by atoms with Crippen molar-refractivity contribution in [2.75, 3.05) is 51.1 Å². The Bertz CT molecular complexity index is 1090. The van der Waals surface area contributed by atoms with Crippen LogP contribution in [0.3, 0.4) is 0 Å². The van der Waals surface area contributed by atoms with Crippen LogP contribution in [0.4, 0.5) is 5.82 Å². The predicted molar refractivity (Wildman–Crippen MR) is 120 cm³/mol. The zero-order valence-electron chi connectivity index (χ0n) is 17.3. The molecule has 2 aromatic heterocycles. The zero-order chi connectivity index (χ0) is 21.8. The minimum Gasteiger partial charge on any atom is -0.496 e. The third kappa shape index (κ3) is 4.70. The summed E-state index contributed by atoms with van der Waals surface area (Å²) < 4.78 is 12.5. The van der Waals surface area contributed by atoms with Crippen LogP contribution in [0.15, 0.2) is 29.6 Å². The van der Waals surface area contributed by atoms with Crippen LogP contribution < -0.4 is 15.0 Å². The molecule has 0 spiro atoms. The van der Waals surface area contributed by atoms with Crippen LogP contribution >= 0.6 is 23.4 Å². The maximum Gasteiger partial charge on any atom is 0.255 e. The molecule has 1 N–H and O–H groups in total. The standard InChI is InChI=1S/C20H23ClN6O3S/c1-29-16-4-3-13(21)11-14(16)19(28)22-5-6-27-18-15(12-23-27)17(24-20(25-18)31-2)26-7-9-30-10-8-26/h3-4,11-12H,5-10H2,1-2H3,(H,22,28). The van der Waals surface area contributed by atoms with Crippen molar-refractivity contribution < 1.29 is 14.3 Å². The Kier molecular flexibility index (Phi) is 6.79. The van der Waals surface area contributed by atoms with Gasteiger partial charge >= 0.3 is 0 Å². The number of carbonyl (C=O) groups excluding carboxylic acids is 1. The van der Waals surface area contributed by atoms with Gasteiger partial charge in [0.05, 0.1) is 44.0 Å². The molecule has 31 heavy (non-hydrogen) atoms. The van der Waals surface area contributed by atoms with E-state index in [1.807, 2.05) is 6.26 Å². The van der Waals surface area contributed by atoms with E-state index in [0.29, 0.717) is 47.8 Å². The second-order valence-corrected chi connectivity index (χ2v) is 8.05. The molecular weight excluding hydrogens is 440 g/mol. The average Bonchev–Trinajstić information content (AvgIpc) is 3.21. The highest BCUT2D eigenvalue weighted by Gasteiger charge is 2.20. The van der Waals surface area contributed by atoms with Crippen molar-refractivity contribution in [3.63, 3.8) is 0 Å². The Morgan fingerprint density at radius 3 is 2.87 bits per heavy atom. The number of morpholine rings is 1. The molecule has 4 rings (SSSR count). The summed E-state index contributed by atoms with van der Waals surface area (Å²) in [7, 11) is 1.52. The SMILES string of the molecule is COc1ccc(Cl)cc1C(=O)NCCn1ncc2c(N3CCOCC3)nc(SC)nc21. The predicted octanol–water partition coefficient (Wildman–Crippen LogP) is 2.48. The fraction of sp³-hybridized carbons (Fsp3) is 0.400. The van der Waals surface area contributed by atoms with Crippen LogP contribution in [-0.2, 0) is 11.3 Å². The normalized spacial score (nSPS) is 14.1. The highest BCUT2D eigenvalue weighted by Crippen LogP contribution is 2.27. The Morgan fingerprint density at radius 1 is 1.32 bits per heavy atom. The van der Waals surface area contributed by atoms with Gasteiger partial charge in [-0.25, -0.2) is 14.6 Å². The molecule has 3 aromatic rings. The van der Waals surface area contributed by atoms with Crippen LogP contribution in [0.25, 0.3) is 11.0 Å². The number of anilines is 1. The van der Waals surface area contributed by atoms with Crippen molar-refractivity contribution >= 4 is 46.1 Å². The number of fused-ring (bicyclic) bond motifs is 1. The zero-order valence-corrected chi connectivity index (χ0v) is 18.9. The van der Waals surface area contributed by atoms with Crippen molar-refractivity contribution in [2.24, 2.45) is 0 Å². The third-order valence-corrected chi connectivity index (χ3v) is 5.75. The molecule has 0 unspecified atom stereocenters. The first-order chi connectivity index (χ1) is 15.1. The van der Waals surface area contributed by atoms with Crippen LogP contribution in [0, 0.1) is 0 Å². The number of ether oxygens (including phenoxy) is 2. The van der Waals surface area contributed by atoms with Crippen molar-refractivity contribution in [3.05, 3.63) is 35.0 Å². The molecule has 1 aliphatic heterocycles. The monoisotopic (exact) mass is 462 g/mol. The molecule has 0 atom stereocenters. The summed E-state index contributed by atoms with van der Waals surface area (Å²) in [4.78, 5) is 24.2. The van der Waals surface area contributed by atoms with E-state index in [-0.39, 0.29) is 5.91 Å². The van der Waals surface area contributed by atoms with Crippen molar-refractivity contribution in [1.29, 1.82) is 0 Å². The lowest BCUT2D eigenvalue weighted by atomic mass is 10.2. The lowest BCUT2D eigenvalue weighted by molar-refractivity contribution is 0.0949. The second-order valence-electron chi connectivity index (χ2n) is 6.84. The van der Waals surface area contributed by atoms with E-state index in [9.17, 15) is 4.79 Å². The number of carbonyl (C=O) groups is 1. The van der Waals surface area contributed by atoms with Gasteiger partial charge in [-0.05, 0) is 24.5 Å². The van der Waals surface area contributed by atoms with Gasteiger partial charge in [-0.2, -0.15) is 5.10 Å². The first kappa shape index (κ1) is 21.7. The van der Waals surface area contributed by atoms with E-state index in [2.05, 4.69) is 20.3 Å². The summed E-state index contributed by atoms with van der Waals surface area (Å²) in [5.74, 6) is 1.08. The Labute approximate surface area is 189 Å². The number of rotatable bonds is 7. The Balaban J connectivity index is 1.51. The minimum absolute atomic E-state index is 0.260. The van der Waals surface area contributed by atoms with Crippen LogP contribution in [0.5, 0.6) is 5.75 Å². The number of hydrogen-bond acceptors (Lipinski definition) is 8. The number of aromatic nitrogens is 4. The van der Waals surface area contributed by atoms with Crippen molar-refractivity contribution in [3.8, 4) is 5.75 Å². The van der Waals surface area contributed by atoms with Crippen LogP contribution in [0.2, 0.25) is 5.02 Å². The van der Waals surface area contributed by atoms with Gasteiger partial charge in [-0.3, -0.25) is 4.79 Å². The summed E-state index contributed by atoms with van der Waals surface area (Å²) in [6.45, 7) is 3.74. The lowest BCUT2D eigenvalue weighted by Crippen LogP contribution is -2.37. The fourth-order valence-electron chi connectivity index (χ4n) is 3.42. The minimum atomic E-state index is -0.260. The number of thioether (sulfide) groups is 1. The fourth-order valence-corrected chi connectivity index (χ4v) is 3.95. The van der Waals surface area contributed by atoms with E-state index in [0.717, 1.165) is 29.9 Å². The first-order valence-corrected chi connectivity index (χ1v) is 11.4. The highest BCUT2D eigenvalue weighted by atomic mass is 35.5. The number of hydrogen-bond donors (Lipinski definition) is 1. The van der Waals surface area contributed by atoms with Gasteiger partial charge in [0, 0.05) is 24.7 Å². The summed E-state index contributed by atoms with van der Waals surface area (Å²) in [6.07, 6.45) is 3.73. The van der Waals surface area contributed by atoms with Gasteiger partial charge in [0.15, 0.2) is 10.8 Å². The molecule has 0 aliphatic carbocycles. The topological polar surface area (TPSA) is 94.4 Å². The Hall–Kier alpha value is -2.56. The average molecular weight is 463 g/mol. The van der Waals surface area contributed by atoms with Gasteiger partial charge < -0.3 is 19.7 Å². The maximum absolute atomic E-state index is 12.6. The third-order valence-electron chi connectivity index (χ3n) is 4.96. The summed E-state index contributed by atoms with van der Waals surface area (Å²) in [5.41, 5.74) is 1.14. The second kappa shape index (κ2) is 9.71. The van der Waals surface area contributed by atoms with E-state index in [4.69, 9.17) is 26.1 Å². The Morgan fingerprint density at radius 2 is 2.13 bits per heavy atom. The molecule has 0 radical (unpaired) electrons. The molecule has 1 amide bonds. The van der Waals surface area contributed by atoms with Gasteiger partial charge in [0.1, 0.15) is 11.6 Å². The van der Waals surface area contributed by atoms with Crippen LogP contribution in [0.1, 0.15) is 10.4 Å². The molecule has 164 valence electrons. The molecule has 3 heterocycles. The molecule has 1 aromatic carbocycles. The number of halogens is 1. The van der Waals surface area contributed by atoms with Crippen molar-refractivity contribution in [1.82, 2.24) is 25.1 Å². The van der Waals surface area contributed by atoms with E-state index in [1.165, 1.54) is 18.9 Å². The van der Waals surface area contributed by atoms with Gasteiger partial charge in [-0.1, -0.05) is 23.4 Å². The van der Waals surface area contributed by atoms with E-state index in [1.54, 1.807) is 29.1 Å². The summed E-state index contributed by atoms with van der Waals surface area (Å²) in [6, 6.07) is 4.94. The van der Waals surface area contributed by atoms with Gasteiger partial charge in [0.2, 0.25) is 0 Å². The summed E-state index contributed by atoms with van der Waals surface area (Å²) in [5, 5.41) is 9.44. The number of nitrogens with zero attached hydrogens (tertiary/aromatic N) is 5. The smallest absolute Gasteiger partial charge is 0.255 e. The molecule has 1 aliphatic rings. The first-order valence-electron chi connectivity index (χ1n) is 9.82. The van der Waals surface area contributed by atoms with Crippen molar-refractivity contribution in [2.45, 2.75) is 11.7 Å². The van der Waals surface area contributed by atoms with E-state index < -0.39 is 0 Å². The largest absolute Gasteiger partial charge is 0.496 e. The molecule has 1 fully saturated rings. The number of benzene rings is 1. The molecule has 1 saturated heterocycles. The molecule has 11 heteroatoms. The quantitative estimate of drug-likeness (QED) is 0.422. The van der Waals surface area contributed by atoms with Gasteiger partial charge in [0.25, 0.3) is 5.91 Å². The van der Waals surface area contributed by atoms with Gasteiger partial charge in [-0.15, -0.1) is 0 Å². The highest BCUT2D eigenvalue weighted by molar-refractivity contribution is 7.98. The molecular formula is C20H23ClN6O3S. The summed E-state index contributed by atoms with van der Waals surface area (Å²) >= 11 is 7.52. The number of amides is 1. The van der Waals surface area contributed by atoms with Crippen LogP contribution in [-0.4, -0.2) is 71.9 Å².